The predicted octanol–water partition coefficient (Wildman–Crippen LogP) is 3.80. The molecule has 0 aliphatic heterocycles. The van der Waals surface area contributed by atoms with E-state index in [1.54, 1.807) is 11.3 Å². The monoisotopic (exact) mass is 337 g/mol. The molecule has 1 saturated carbocycles. The lowest BCUT2D eigenvalue weighted by atomic mass is 10.0. The summed E-state index contributed by atoms with van der Waals surface area (Å²) in [5, 5.41) is 5.19. The number of hydrogen-bond donors (Lipinski definition) is 1. The summed E-state index contributed by atoms with van der Waals surface area (Å²) in [7, 11) is 0. The van der Waals surface area contributed by atoms with Crippen molar-refractivity contribution in [1.82, 2.24) is 15.3 Å². The van der Waals surface area contributed by atoms with E-state index in [1.165, 1.54) is 5.56 Å². The standard InChI is InChI=1S/C19H19N3OS/c1-11-7-17(18-10-20-12(2)24-18)22-16-6-3-13(8-15(11)16)9-19(23)21-14-4-5-14/h3,6-8,10,14H,4-5,9H2,1-2H3,(H,21,23). The molecule has 4 nitrogen and oxygen atoms in total. The number of carbonyl (C=O) groups excluding carboxylic acids is 1. The molecule has 0 radical (unpaired) electrons. The van der Waals surface area contributed by atoms with Crippen molar-refractivity contribution < 1.29 is 4.79 Å². The van der Waals surface area contributed by atoms with Gasteiger partial charge in [-0.05, 0) is 56.0 Å². The van der Waals surface area contributed by atoms with Crippen LogP contribution in [0.2, 0.25) is 0 Å². The maximum atomic E-state index is 12.0. The molecule has 1 aromatic carbocycles. The van der Waals surface area contributed by atoms with Crippen molar-refractivity contribution in [2.24, 2.45) is 0 Å². The van der Waals surface area contributed by atoms with Crippen LogP contribution in [0.4, 0.5) is 0 Å². The van der Waals surface area contributed by atoms with Crippen molar-refractivity contribution in [2.45, 2.75) is 39.2 Å². The number of hydrogen-bond acceptors (Lipinski definition) is 4. The first-order valence-electron chi connectivity index (χ1n) is 8.21. The Morgan fingerprint density at radius 3 is 2.83 bits per heavy atom. The average molecular weight is 337 g/mol. The first-order chi connectivity index (χ1) is 11.6. The number of aromatic nitrogens is 2. The minimum absolute atomic E-state index is 0.110. The fourth-order valence-electron chi connectivity index (χ4n) is 2.85. The fraction of sp³-hybridized carbons (Fsp3) is 0.316. The van der Waals surface area contributed by atoms with Crippen LogP contribution in [0.15, 0.2) is 30.5 Å². The Morgan fingerprint density at radius 1 is 1.29 bits per heavy atom. The van der Waals surface area contributed by atoms with Crippen molar-refractivity contribution >= 4 is 28.1 Å². The molecule has 3 aromatic rings. The summed E-state index contributed by atoms with van der Waals surface area (Å²) in [4.78, 5) is 22.2. The van der Waals surface area contributed by atoms with Crippen molar-refractivity contribution in [3.63, 3.8) is 0 Å². The number of fused-ring (bicyclic) bond motifs is 1. The first kappa shape index (κ1) is 15.3. The number of nitrogens with zero attached hydrogens (tertiary/aromatic N) is 2. The number of amides is 1. The Bertz CT molecular complexity index is 928. The lowest BCUT2D eigenvalue weighted by Gasteiger charge is -2.08. The van der Waals surface area contributed by atoms with Gasteiger partial charge in [-0.1, -0.05) is 6.07 Å². The molecule has 1 aliphatic carbocycles. The molecular weight excluding hydrogens is 318 g/mol. The Kier molecular flexibility index (Phi) is 3.81. The molecule has 2 heterocycles. The lowest BCUT2D eigenvalue weighted by Crippen LogP contribution is -2.26. The zero-order chi connectivity index (χ0) is 16.7. The maximum absolute atomic E-state index is 12.0. The van der Waals surface area contributed by atoms with Crippen molar-refractivity contribution in [2.75, 3.05) is 0 Å². The number of rotatable bonds is 4. The Labute approximate surface area is 145 Å². The van der Waals surface area contributed by atoms with Crippen LogP contribution in [0, 0.1) is 13.8 Å². The van der Waals surface area contributed by atoms with Crippen LogP contribution in [0.3, 0.4) is 0 Å². The number of nitrogens with one attached hydrogen (secondary N) is 1. The van der Waals surface area contributed by atoms with Crippen molar-refractivity contribution in [3.05, 3.63) is 46.6 Å². The lowest BCUT2D eigenvalue weighted by molar-refractivity contribution is -0.120. The Morgan fingerprint density at radius 2 is 2.12 bits per heavy atom. The van der Waals surface area contributed by atoms with Gasteiger partial charge < -0.3 is 5.32 Å². The fourth-order valence-corrected chi connectivity index (χ4v) is 3.59. The van der Waals surface area contributed by atoms with Gasteiger partial charge in [0.25, 0.3) is 0 Å². The highest BCUT2D eigenvalue weighted by Crippen LogP contribution is 2.28. The van der Waals surface area contributed by atoms with Crippen LogP contribution in [0.1, 0.15) is 29.0 Å². The minimum atomic E-state index is 0.110. The van der Waals surface area contributed by atoms with E-state index in [0.717, 1.165) is 44.9 Å². The molecule has 0 atom stereocenters. The summed E-state index contributed by atoms with van der Waals surface area (Å²) in [6.07, 6.45) is 4.55. The Balaban J connectivity index is 1.64. The van der Waals surface area contributed by atoms with Gasteiger partial charge in [-0.2, -0.15) is 0 Å². The summed E-state index contributed by atoms with van der Waals surface area (Å²) in [6.45, 7) is 4.09. The van der Waals surface area contributed by atoms with Gasteiger partial charge in [-0.3, -0.25) is 4.79 Å². The van der Waals surface area contributed by atoms with Crippen LogP contribution in [0.25, 0.3) is 21.5 Å². The van der Waals surface area contributed by atoms with Gasteiger partial charge in [0, 0.05) is 17.6 Å². The van der Waals surface area contributed by atoms with Crippen molar-refractivity contribution in [1.29, 1.82) is 0 Å². The maximum Gasteiger partial charge on any atom is 0.224 e. The molecule has 2 aromatic heterocycles. The summed E-state index contributed by atoms with van der Waals surface area (Å²) >= 11 is 1.65. The van der Waals surface area contributed by atoms with Crippen LogP contribution in [-0.2, 0) is 11.2 Å². The van der Waals surface area contributed by atoms with Gasteiger partial charge in [0.2, 0.25) is 5.91 Å². The van der Waals surface area contributed by atoms with Gasteiger partial charge in [-0.25, -0.2) is 9.97 Å². The highest BCUT2D eigenvalue weighted by atomic mass is 32.1. The van der Waals surface area contributed by atoms with E-state index in [9.17, 15) is 4.79 Å². The molecule has 1 amide bonds. The first-order valence-corrected chi connectivity index (χ1v) is 9.02. The molecule has 1 fully saturated rings. The van der Waals surface area contributed by atoms with Crippen LogP contribution in [-0.4, -0.2) is 21.9 Å². The summed E-state index contributed by atoms with van der Waals surface area (Å²) in [5.41, 5.74) is 4.13. The highest BCUT2D eigenvalue weighted by Gasteiger charge is 2.23. The molecule has 1 N–H and O–H groups in total. The number of thiazole rings is 1. The number of carbonyl (C=O) groups is 1. The molecule has 0 unspecified atom stereocenters. The van der Waals surface area contributed by atoms with E-state index >= 15 is 0 Å². The molecule has 122 valence electrons. The second kappa shape index (κ2) is 5.98. The second-order valence-corrected chi connectivity index (χ2v) is 7.67. The zero-order valence-electron chi connectivity index (χ0n) is 13.8. The predicted molar refractivity (Wildman–Crippen MR) is 97.2 cm³/mol. The normalized spacial score (nSPS) is 14.1. The summed E-state index contributed by atoms with van der Waals surface area (Å²) in [6, 6.07) is 8.62. The summed E-state index contributed by atoms with van der Waals surface area (Å²) < 4.78 is 0. The minimum Gasteiger partial charge on any atom is -0.353 e. The van der Waals surface area contributed by atoms with Gasteiger partial charge >= 0.3 is 0 Å². The molecule has 4 rings (SSSR count). The quantitative estimate of drug-likeness (QED) is 0.788. The van der Waals surface area contributed by atoms with E-state index in [1.807, 2.05) is 25.3 Å². The molecule has 1 aliphatic rings. The topological polar surface area (TPSA) is 54.9 Å². The Hall–Kier alpha value is -2.27. The largest absolute Gasteiger partial charge is 0.353 e. The molecule has 0 saturated heterocycles. The van der Waals surface area contributed by atoms with Gasteiger partial charge in [0.05, 0.1) is 27.5 Å². The smallest absolute Gasteiger partial charge is 0.224 e. The second-order valence-electron chi connectivity index (χ2n) is 6.44. The van der Waals surface area contributed by atoms with E-state index in [0.29, 0.717) is 12.5 Å². The van der Waals surface area contributed by atoms with Crippen LogP contribution >= 0.6 is 11.3 Å². The third kappa shape index (κ3) is 3.17. The van der Waals surface area contributed by atoms with Gasteiger partial charge in [0.1, 0.15) is 0 Å². The number of benzene rings is 1. The van der Waals surface area contributed by atoms with E-state index in [2.05, 4.69) is 29.4 Å². The zero-order valence-corrected chi connectivity index (χ0v) is 14.6. The van der Waals surface area contributed by atoms with E-state index in [-0.39, 0.29) is 5.91 Å². The molecule has 0 bridgehead atoms. The van der Waals surface area contributed by atoms with Gasteiger partial charge in [0.15, 0.2) is 0 Å². The summed E-state index contributed by atoms with van der Waals surface area (Å²) in [5.74, 6) is 0.110. The number of aryl methyl sites for hydroxylation is 2. The highest BCUT2D eigenvalue weighted by molar-refractivity contribution is 7.15. The van der Waals surface area contributed by atoms with Crippen LogP contribution in [0.5, 0.6) is 0 Å². The molecular formula is C19H19N3OS. The average Bonchev–Trinajstić information content (AvgIpc) is 3.25. The molecule has 24 heavy (non-hydrogen) atoms. The SMILES string of the molecule is Cc1ncc(-c2cc(C)c3cc(CC(=O)NC4CC4)ccc3n2)s1. The van der Waals surface area contributed by atoms with Crippen molar-refractivity contribution in [3.8, 4) is 10.6 Å². The third-order valence-electron chi connectivity index (χ3n) is 4.26. The number of pyridine rings is 1. The van der Waals surface area contributed by atoms with E-state index in [4.69, 9.17) is 4.98 Å². The van der Waals surface area contributed by atoms with Crippen LogP contribution < -0.4 is 5.32 Å². The van der Waals surface area contributed by atoms with Gasteiger partial charge in [-0.15, -0.1) is 11.3 Å². The molecule has 5 heteroatoms. The molecule has 0 spiro atoms. The third-order valence-corrected chi connectivity index (χ3v) is 5.20. The van der Waals surface area contributed by atoms with E-state index < -0.39 is 0 Å².